The molecule has 0 aliphatic carbocycles. The van der Waals surface area contributed by atoms with Gasteiger partial charge in [-0.2, -0.15) is 0 Å². The van der Waals surface area contributed by atoms with Crippen molar-refractivity contribution in [2.45, 2.75) is 45.8 Å². The van der Waals surface area contributed by atoms with E-state index in [4.69, 9.17) is 9.47 Å². The Kier molecular flexibility index (Phi) is 7.94. The van der Waals surface area contributed by atoms with Crippen molar-refractivity contribution in [3.63, 3.8) is 0 Å². The van der Waals surface area contributed by atoms with Gasteiger partial charge in [-0.3, -0.25) is 9.69 Å². The Bertz CT molecular complexity index is 755. The van der Waals surface area contributed by atoms with Crippen LogP contribution in [0.3, 0.4) is 0 Å². The van der Waals surface area contributed by atoms with E-state index < -0.39 is 5.60 Å². The van der Waals surface area contributed by atoms with Crippen LogP contribution in [0.25, 0.3) is 0 Å². The maximum Gasteiger partial charge on any atom is 0.410 e. The molecule has 2 aliphatic rings. The summed E-state index contributed by atoms with van der Waals surface area (Å²) < 4.78 is 10.9. The lowest BCUT2D eigenvalue weighted by Gasteiger charge is -2.35. The minimum absolute atomic E-state index is 0.0773. The lowest BCUT2D eigenvalue weighted by atomic mass is 9.96. The standard InChI is InChI=1S/C24H37N3O4/c1-24(2,3)31-23(29)25(4)16-20-8-6-10-27(18-20)22(28)21-9-5-7-19(15-21)17-26-11-13-30-14-12-26/h5,7,9,15,20H,6,8,10-14,16-18H2,1-4H3. The molecular weight excluding hydrogens is 394 g/mol. The molecule has 0 radical (unpaired) electrons. The Morgan fingerprint density at radius 2 is 1.94 bits per heavy atom. The lowest BCUT2D eigenvalue weighted by Crippen LogP contribution is -2.45. The van der Waals surface area contributed by atoms with Crippen LogP contribution < -0.4 is 0 Å². The van der Waals surface area contributed by atoms with Crippen molar-refractivity contribution in [3.8, 4) is 0 Å². The van der Waals surface area contributed by atoms with E-state index in [2.05, 4.69) is 11.0 Å². The molecule has 1 atom stereocenters. The maximum absolute atomic E-state index is 13.2. The number of carbonyl (C=O) groups excluding carboxylic acids is 2. The second-order valence-corrected chi connectivity index (χ2v) is 9.71. The van der Waals surface area contributed by atoms with Gasteiger partial charge in [-0.05, 0) is 57.2 Å². The number of rotatable bonds is 5. The molecule has 7 heteroatoms. The molecule has 172 valence electrons. The fourth-order valence-electron chi connectivity index (χ4n) is 4.20. The van der Waals surface area contributed by atoms with Gasteiger partial charge in [-0.1, -0.05) is 12.1 Å². The lowest BCUT2D eigenvalue weighted by molar-refractivity contribution is 0.0244. The largest absolute Gasteiger partial charge is 0.444 e. The minimum atomic E-state index is -0.508. The fraction of sp³-hybridized carbons (Fsp3) is 0.667. The highest BCUT2D eigenvalue weighted by atomic mass is 16.6. The van der Waals surface area contributed by atoms with Gasteiger partial charge in [0.2, 0.25) is 0 Å². The average molecular weight is 432 g/mol. The summed E-state index contributed by atoms with van der Waals surface area (Å²) in [5.74, 6) is 0.334. The number of carbonyl (C=O) groups is 2. The van der Waals surface area contributed by atoms with E-state index in [-0.39, 0.29) is 17.9 Å². The highest BCUT2D eigenvalue weighted by Gasteiger charge is 2.28. The molecule has 2 amide bonds. The monoisotopic (exact) mass is 431 g/mol. The molecule has 1 unspecified atom stereocenters. The molecular formula is C24H37N3O4. The number of amides is 2. The zero-order chi connectivity index (χ0) is 22.4. The third kappa shape index (κ3) is 7.21. The Morgan fingerprint density at radius 3 is 2.65 bits per heavy atom. The van der Waals surface area contributed by atoms with Crippen LogP contribution in [0, 0.1) is 5.92 Å². The van der Waals surface area contributed by atoms with E-state index in [1.165, 1.54) is 0 Å². The molecule has 0 saturated carbocycles. The molecule has 0 bridgehead atoms. The molecule has 7 nitrogen and oxygen atoms in total. The first-order valence-corrected chi connectivity index (χ1v) is 11.3. The van der Waals surface area contributed by atoms with Gasteiger partial charge in [-0.25, -0.2) is 4.79 Å². The van der Waals surface area contributed by atoms with Crippen LogP contribution in [-0.2, 0) is 16.0 Å². The third-order valence-electron chi connectivity index (χ3n) is 5.73. The highest BCUT2D eigenvalue weighted by molar-refractivity contribution is 5.94. The SMILES string of the molecule is CN(CC1CCCN(C(=O)c2cccc(CN3CCOCC3)c2)C1)C(=O)OC(C)(C)C. The topological polar surface area (TPSA) is 62.3 Å². The number of ether oxygens (including phenoxy) is 2. The van der Waals surface area contributed by atoms with Crippen LogP contribution >= 0.6 is 0 Å². The summed E-state index contributed by atoms with van der Waals surface area (Å²) in [5, 5.41) is 0. The summed E-state index contributed by atoms with van der Waals surface area (Å²) in [4.78, 5) is 31.4. The molecule has 2 saturated heterocycles. The summed E-state index contributed by atoms with van der Waals surface area (Å²) in [5.41, 5.74) is 1.39. The highest BCUT2D eigenvalue weighted by Crippen LogP contribution is 2.21. The molecule has 0 spiro atoms. The van der Waals surface area contributed by atoms with Crippen LogP contribution in [0.1, 0.15) is 49.5 Å². The maximum atomic E-state index is 13.2. The van der Waals surface area contributed by atoms with Crippen molar-refractivity contribution in [2.75, 3.05) is 53.0 Å². The second kappa shape index (κ2) is 10.5. The van der Waals surface area contributed by atoms with E-state index in [1.807, 2.05) is 43.9 Å². The number of piperidine rings is 1. The molecule has 2 heterocycles. The van der Waals surface area contributed by atoms with Crippen LogP contribution in [-0.4, -0.2) is 85.3 Å². The Hall–Kier alpha value is -2.12. The first-order valence-electron chi connectivity index (χ1n) is 11.3. The molecule has 3 rings (SSSR count). The van der Waals surface area contributed by atoms with Crippen molar-refractivity contribution in [3.05, 3.63) is 35.4 Å². The Labute approximate surface area is 186 Å². The van der Waals surface area contributed by atoms with Crippen LogP contribution in [0.4, 0.5) is 4.79 Å². The van der Waals surface area contributed by atoms with Gasteiger partial charge >= 0.3 is 6.09 Å². The first-order chi connectivity index (χ1) is 14.7. The van der Waals surface area contributed by atoms with Crippen molar-refractivity contribution < 1.29 is 19.1 Å². The number of morpholine rings is 1. The van der Waals surface area contributed by atoms with Gasteiger partial charge in [0.15, 0.2) is 0 Å². The summed E-state index contributed by atoms with van der Waals surface area (Å²) in [6, 6.07) is 7.98. The first kappa shape index (κ1) is 23.5. The molecule has 1 aromatic rings. The number of likely N-dealkylation sites (tertiary alicyclic amines) is 1. The van der Waals surface area contributed by atoms with Gasteiger partial charge in [0.05, 0.1) is 13.2 Å². The van der Waals surface area contributed by atoms with Gasteiger partial charge < -0.3 is 19.3 Å². The van der Waals surface area contributed by atoms with Crippen LogP contribution in [0.15, 0.2) is 24.3 Å². The van der Waals surface area contributed by atoms with Crippen molar-refractivity contribution in [1.29, 1.82) is 0 Å². The summed E-state index contributed by atoms with van der Waals surface area (Å²) in [6.45, 7) is 11.9. The Balaban J connectivity index is 1.56. The number of nitrogens with zero attached hydrogens (tertiary/aromatic N) is 3. The third-order valence-corrected chi connectivity index (χ3v) is 5.73. The van der Waals surface area contributed by atoms with E-state index in [9.17, 15) is 9.59 Å². The average Bonchev–Trinajstić information content (AvgIpc) is 2.73. The normalized spacial score (nSPS) is 20.4. The molecule has 2 fully saturated rings. The quantitative estimate of drug-likeness (QED) is 0.716. The predicted molar refractivity (Wildman–Crippen MR) is 120 cm³/mol. The van der Waals surface area contributed by atoms with Crippen molar-refractivity contribution in [1.82, 2.24) is 14.7 Å². The van der Waals surface area contributed by atoms with Gasteiger partial charge in [-0.15, -0.1) is 0 Å². The summed E-state index contributed by atoms with van der Waals surface area (Å²) in [6.07, 6.45) is 1.65. The van der Waals surface area contributed by atoms with Crippen LogP contribution in [0.5, 0.6) is 0 Å². The van der Waals surface area contributed by atoms with Gasteiger partial charge in [0, 0.05) is 51.9 Å². The molecule has 1 aromatic carbocycles. The van der Waals surface area contributed by atoms with Gasteiger partial charge in [0.25, 0.3) is 5.91 Å². The number of benzene rings is 1. The fourth-order valence-corrected chi connectivity index (χ4v) is 4.20. The molecule has 0 aromatic heterocycles. The van der Waals surface area contributed by atoms with Crippen molar-refractivity contribution in [2.24, 2.45) is 5.92 Å². The zero-order valence-corrected chi connectivity index (χ0v) is 19.4. The zero-order valence-electron chi connectivity index (χ0n) is 19.4. The van der Waals surface area contributed by atoms with Crippen LogP contribution in [0.2, 0.25) is 0 Å². The summed E-state index contributed by atoms with van der Waals surface area (Å²) in [7, 11) is 1.77. The minimum Gasteiger partial charge on any atom is -0.444 e. The summed E-state index contributed by atoms with van der Waals surface area (Å²) >= 11 is 0. The van der Waals surface area contributed by atoms with E-state index in [0.29, 0.717) is 13.1 Å². The van der Waals surface area contributed by atoms with E-state index >= 15 is 0 Å². The molecule has 31 heavy (non-hydrogen) atoms. The Morgan fingerprint density at radius 1 is 1.19 bits per heavy atom. The number of hydrogen-bond acceptors (Lipinski definition) is 5. The van der Waals surface area contributed by atoms with Crippen molar-refractivity contribution >= 4 is 12.0 Å². The van der Waals surface area contributed by atoms with E-state index in [0.717, 1.165) is 63.4 Å². The van der Waals surface area contributed by atoms with Gasteiger partial charge in [0.1, 0.15) is 5.60 Å². The van der Waals surface area contributed by atoms with E-state index in [1.54, 1.807) is 11.9 Å². The molecule has 0 N–H and O–H groups in total. The second-order valence-electron chi connectivity index (χ2n) is 9.71. The molecule has 2 aliphatic heterocycles. The predicted octanol–water partition coefficient (Wildman–Crippen LogP) is 3.24. The smallest absolute Gasteiger partial charge is 0.410 e. The number of hydrogen-bond donors (Lipinski definition) is 0.